The van der Waals surface area contributed by atoms with E-state index in [9.17, 15) is 4.79 Å². The van der Waals surface area contributed by atoms with Crippen molar-refractivity contribution in [1.29, 1.82) is 0 Å². The van der Waals surface area contributed by atoms with Crippen LogP contribution in [0.1, 0.15) is 22.8 Å². The molecule has 1 aromatic heterocycles. The molecule has 2 rings (SSSR count). The van der Waals surface area contributed by atoms with Crippen LogP contribution < -0.4 is 0 Å². The molecule has 0 spiro atoms. The van der Waals surface area contributed by atoms with Gasteiger partial charge in [0, 0.05) is 18.0 Å². The molecule has 0 atom stereocenters. The van der Waals surface area contributed by atoms with E-state index in [0.717, 1.165) is 16.7 Å². The summed E-state index contributed by atoms with van der Waals surface area (Å²) in [5.74, 6) is -0.371. The third-order valence-corrected chi connectivity index (χ3v) is 2.72. The molecule has 0 amide bonds. The summed E-state index contributed by atoms with van der Waals surface area (Å²) in [5, 5.41) is 9.00. The van der Waals surface area contributed by atoms with Crippen molar-refractivity contribution in [2.45, 2.75) is 13.5 Å². The first-order chi connectivity index (χ1) is 9.24. The van der Waals surface area contributed by atoms with E-state index in [2.05, 4.69) is 4.98 Å². The molecule has 0 bridgehead atoms. The Labute approximate surface area is 111 Å². The molecule has 1 heterocycles. The van der Waals surface area contributed by atoms with E-state index in [1.54, 1.807) is 19.2 Å². The number of hydrogen-bond donors (Lipinski definition) is 1. The molecule has 1 aromatic carbocycles. The van der Waals surface area contributed by atoms with Crippen molar-refractivity contribution in [2.24, 2.45) is 0 Å². The first-order valence-electron chi connectivity index (χ1n) is 6.07. The highest BCUT2D eigenvalue weighted by Crippen LogP contribution is 2.20. The minimum Gasteiger partial charge on any atom is -0.462 e. The van der Waals surface area contributed by atoms with Crippen LogP contribution in [-0.2, 0) is 11.3 Å². The second kappa shape index (κ2) is 6.11. The zero-order valence-electron chi connectivity index (χ0n) is 10.7. The van der Waals surface area contributed by atoms with Gasteiger partial charge in [-0.1, -0.05) is 24.3 Å². The Balaban J connectivity index is 2.29. The monoisotopic (exact) mass is 257 g/mol. The Morgan fingerprint density at radius 3 is 2.58 bits per heavy atom. The predicted molar refractivity (Wildman–Crippen MR) is 71.6 cm³/mol. The average Bonchev–Trinajstić information content (AvgIpc) is 2.48. The van der Waals surface area contributed by atoms with Gasteiger partial charge in [0.15, 0.2) is 0 Å². The van der Waals surface area contributed by atoms with Gasteiger partial charge in [0.25, 0.3) is 0 Å². The number of esters is 1. The topological polar surface area (TPSA) is 59.4 Å². The number of aliphatic hydroxyl groups excluding tert-OH is 1. The largest absolute Gasteiger partial charge is 0.462 e. The third kappa shape index (κ3) is 3.17. The molecule has 0 aliphatic rings. The quantitative estimate of drug-likeness (QED) is 0.854. The van der Waals surface area contributed by atoms with Gasteiger partial charge < -0.3 is 9.84 Å². The first kappa shape index (κ1) is 13.2. The zero-order chi connectivity index (χ0) is 13.7. The molecule has 0 fully saturated rings. The van der Waals surface area contributed by atoms with E-state index in [1.807, 2.05) is 24.3 Å². The first-order valence-corrected chi connectivity index (χ1v) is 6.07. The second-order valence-electron chi connectivity index (χ2n) is 4.04. The number of rotatable bonds is 4. The van der Waals surface area contributed by atoms with E-state index in [4.69, 9.17) is 9.84 Å². The van der Waals surface area contributed by atoms with E-state index < -0.39 is 0 Å². The van der Waals surface area contributed by atoms with Gasteiger partial charge in [-0.25, -0.2) is 4.79 Å². The summed E-state index contributed by atoms with van der Waals surface area (Å²) in [6.07, 6.45) is 3.18. The minimum absolute atomic E-state index is 0.0153. The van der Waals surface area contributed by atoms with Crippen molar-refractivity contribution < 1.29 is 14.6 Å². The molecule has 98 valence electrons. The van der Waals surface area contributed by atoms with E-state index in [-0.39, 0.29) is 12.6 Å². The van der Waals surface area contributed by atoms with Crippen molar-refractivity contribution in [3.63, 3.8) is 0 Å². The van der Waals surface area contributed by atoms with Crippen LogP contribution in [-0.4, -0.2) is 22.7 Å². The average molecular weight is 257 g/mol. The van der Waals surface area contributed by atoms with Gasteiger partial charge in [0.1, 0.15) is 0 Å². The number of carbonyl (C=O) groups excluding carboxylic acids is 1. The summed E-state index contributed by atoms with van der Waals surface area (Å²) in [6.45, 7) is 2.12. The predicted octanol–water partition coefficient (Wildman–Crippen LogP) is 2.42. The molecule has 0 aliphatic heterocycles. The Kier molecular flexibility index (Phi) is 4.26. The summed E-state index contributed by atoms with van der Waals surface area (Å²) in [4.78, 5) is 15.7. The fraction of sp³-hybridized carbons (Fsp3) is 0.200. The third-order valence-electron chi connectivity index (χ3n) is 2.72. The molecular formula is C15H15NO3. The molecular weight excluding hydrogens is 242 g/mol. The number of hydrogen-bond acceptors (Lipinski definition) is 4. The molecule has 1 N–H and O–H groups in total. The van der Waals surface area contributed by atoms with Gasteiger partial charge in [-0.2, -0.15) is 0 Å². The maximum atomic E-state index is 11.6. The summed E-state index contributed by atoms with van der Waals surface area (Å²) in [5.41, 5.74) is 3.06. The van der Waals surface area contributed by atoms with Crippen LogP contribution in [0.5, 0.6) is 0 Å². The highest BCUT2D eigenvalue weighted by atomic mass is 16.5. The number of aliphatic hydroxyl groups is 1. The number of ether oxygens (including phenoxy) is 1. The van der Waals surface area contributed by atoms with Gasteiger partial charge in [-0.05, 0) is 24.1 Å². The number of carbonyl (C=O) groups is 1. The molecule has 0 unspecified atom stereocenters. The Morgan fingerprint density at radius 2 is 1.95 bits per heavy atom. The summed E-state index contributed by atoms with van der Waals surface area (Å²) in [7, 11) is 0. The van der Waals surface area contributed by atoms with Crippen LogP contribution >= 0.6 is 0 Å². The van der Waals surface area contributed by atoms with Crippen LogP contribution in [0.25, 0.3) is 11.1 Å². The maximum Gasteiger partial charge on any atom is 0.339 e. The number of benzene rings is 1. The van der Waals surface area contributed by atoms with Gasteiger partial charge in [0.2, 0.25) is 0 Å². The van der Waals surface area contributed by atoms with Gasteiger partial charge in [-0.3, -0.25) is 4.98 Å². The fourth-order valence-corrected chi connectivity index (χ4v) is 1.73. The lowest BCUT2D eigenvalue weighted by Gasteiger charge is -2.05. The SMILES string of the molecule is CCOC(=O)c1cncc(-c2ccc(CO)cc2)c1. The van der Waals surface area contributed by atoms with Crippen LogP contribution in [0, 0.1) is 0 Å². The molecule has 0 saturated heterocycles. The van der Waals surface area contributed by atoms with Crippen LogP contribution in [0.4, 0.5) is 0 Å². The molecule has 0 radical (unpaired) electrons. The molecule has 0 aliphatic carbocycles. The van der Waals surface area contributed by atoms with Crippen molar-refractivity contribution >= 4 is 5.97 Å². The maximum absolute atomic E-state index is 11.6. The summed E-state index contributed by atoms with van der Waals surface area (Å²) < 4.78 is 4.94. The summed E-state index contributed by atoms with van der Waals surface area (Å²) >= 11 is 0. The number of aromatic nitrogens is 1. The Morgan fingerprint density at radius 1 is 1.21 bits per heavy atom. The van der Waals surface area contributed by atoms with E-state index in [1.165, 1.54) is 6.20 Å². The zero-order valence-corrected chi connectivity index (χ0v) is 10.7. The highest BCUT2D eigenvalue weighted by molar-refractivity contribution is 5.90. The molecule has 19 heavy (non-hydrogen) atoms. The van der Waals surface area contributed by atoms with Gasteiger partial charge >= 0.3 is 5.97 Å². The normalized spacial score (nSPS) is 10.2. The smallest absolute Gasteiger partial charge is 0.339 e. The molecule has 0 saturated carbocycles. The lowest BCUT2D eigenvalue weighted by atomic mass is 10.0. The molecule has 4 nitrogen and oxygen atoms in total. The van der Waals surface area contributed by atoms with Crippen molar-refractivity contribution in [2.75, 3.05) is 6.61 Å². The van der Waals surface area contributed by atoms with Crippen LogP contribution in [0.3, 0.4) is 0 Å². The lowest BCUT2D eigenvalue weighted by molar-refractivity contribution is 0.0526. The fourth-order valence-electron chi connectivity index (χ4n) is 1.73. The van der Waals surface area contributed by atoms with Gasteiger partial charge in [0.05, 0.1) is 18.8 Å². The molecule has 4 heteroatoms. The lowest BCUT2D eigenvalue weighted by Crippen LogP contribution is -2.05. The van der Waals surface area contributed by atoms with Crippen LogP contribution in [0.2, 0.25) is 0 Å². The second-order valence-corrected chi connectivity index (χ2v) is 4.04. The Hall–Kier alpha value is -2.20. The van der Waals surface area contributed by atoms with E-state index >= 15 is 0 Å². The van der Waals surface area contributed by atoms with Gasteiger partial charge in [-0.15, -0.1) is 0 Å². The Bertz CT molecular complexity index is 564. The number of pyridine rings is 1. The van der Waals surface area contributed by atoms with Crippen molar-refractivity contribution in [1.82, 2.24) is 4.98 Å². The van der Waals surface area contributed by atoms with Crippen molar-refractivity contribution in [3.05, 3.63) is 53.9 Å². The standard InChI is InChI=1S/C15H15NO3/c1-2-19-15(18)14-7-13(8-16-9-14)12-5-3-11(10-17)4-6-12/h3-9,17H,2,10H2,1H3. The molecule has 2 aromatic rings. The van der Waals surface area contributed by atoms with E-state index in [0.29, 0.717) is 12.2 Å². The summed E-state index contributed by atoms with van der Waals surface area (Å²) in [6, 6.07) is 9.20. The minimum atomic E-state index is -0.371. The number of nitrogens with zero attached hydrogens (tertiary/aromatic N) is 1. The highest BCUT2D eigenvalue weighted by Gasteiger charge is 2.08. The van der Waals surface area contributed by atoms with Crippen molar-refractivity contribution in [3.8, 4) is 11.1 Å². The van der Waals surface area contributed by atoms with Crippen LogP contribution in [0.15, 0.2) is 42.7 Å².